The number of hydrogen-bond donors (Lipinski definition) is 3. The number of benzene rings is 1. The van der Waals surface area contributed by atoms with Crippen LogP contribution in [0.4, 0.5) is 5.69 Å². The van der Waals surface area contributed by atoms with E-state index in [0.717, 1.165) is 11.3 Å². The van der Waals surface area contributed by atoms with E-state index < -0.39 is 23.2 Å². The molecule has 2 atom stereocenters. The highest BCUT2D eigenvalue weighted by molar-refractivity contribution is 5.99. The summed E-state index contributed by atoms with van der Waals surface area (Å²) < 4.78 is 0. The second-order valence-electron chi connectivity index (χ2n) is 6.15. The molecule has 1 aromatic carbocycles. The van der Waals surface area contributed by atoms with Crippen LogP contribution in [0, 0.1) is 17.3 Å². The molecule has 1 saturated carbocycles. The third-order valence-electron chi connectivity index (χ3n) is 4.34. The fourth-order valence-electron chi connectivity index (χ4n) is 2.95. The molecule has 1 heterocycles. The van der Waals surface area contributed by atoms with Crippen molar-refractivity contribution in [3.63, 3.8) is 0 Å². The number of anilines is 1. The van der Waals surface area contributed by atoms with E-state index in [1.807, 2.05) is 12.1 Å². The Hall–Kier alpha value is -2.63. The zero-order valence-electron chi connectivity index (χ0n) is 12.3. The number of nitrogens with zero attached hydrogens (tertiary/aromatic N) is 1. The molecule has 3 rings (SSSR count). The van der Waals surface area contributed by atoms with Gasteiger partial charge in [-0.15, -0.1) is 0 Å². The Kier molecular flexibility index (Phi) is 3.24. The molecule has 0 spiro atoms. The average molecular weight is 299 g/mol. The minimum atomic E-state index is -0.917. The van der Waals surface area contributed by atoms with Crippen molar-refractivity contribution in [2.24, 2.45) is 17.3 Å². The van der Waals surface area contributed by atoms with Gasteiger partial charge in [0.25, 0.3) is 0 Å². The topological polar surface area (TPSA) is 95.1 Å². The molecule has 1 aliphatic carbocycles. The number of carboxylic acid groups (broad SMARTS) is 1. The lowest BCUT2D eigenvalue weighted by atomic mass is 10.1. The minimum Gasteiger partial charge on any atom is -0.481 e. The molecule has 0 saturated heterocycles. The number of H-pyrrole nitrogens is 1. The van der Waals surface area contributed by atoms with E-state index in [0.29, 0.717) is 5.69 Å². The lowest BCUT2D eigenvalue weighted by Gasteiger charge is -2.07. The van der Waals surface area contributed by atoms with Crippen molar-refractivity contribution in [1.82, 2.24) is 9.97 Å². The van der Waals surface area contributed by atoms with Gasteiger partial charge >= 0.3 is 5.97 Å². The molecule has 0 radical (unpaired) electrons. The minimum absolute atomic E-state index is 0.244. The smallest absolute Gasteiger partial charge is 0.307 e. The first-order valence-electron chi connectivity index (χ1n) is 7.04. The van der Waals surface area contributed by atoms with E-state index in [9.17, 15) is 9.59 Å². The average Bonchev–Trinajstić information content (AvgIpc) is 2.84. The summed E-state index contributed by atoms with van der Waals surface area (Å²) in [6, 6.07) is 7.32. The number of imidazole rings is 1. The molecule has 1 amide bonds. The summed E-state index contributed by atoms with van der Waals surface area (Å²) >= 11 is 0. The van der Waals surface area contributed by atoms with Crippen LogP contribution in [-0.4, -0.2) is 27.0 Å². The molecular formula is C16H17N3O3. The molecule has 114 valence electrons. The number of aliphatic carboxylic acids is 1. The van der Waals surface area contributed by atoms with Gasteiger partial charge in [-0.05, 0) is 23.1 Å². The molecule has 1 fully saturated rings. The van der Waals surface area contributed by atoms with Crippen LogP contribution in [0.1, 0.15) is 13.8 Å². The van der Waals surface area contributed by atoms with Crippen molar-refractivity contribution in [3.05, 3.63) is 36.8 Å². The van der Waals surface area contributed by atoms with Crippen molar-refractivity contribution < 1.29 is 14.7 Å². The summed E-state index contributed by atoms with van der Waals surface area (Å²) in [5.74, 6) is -2.26. The Bertz CT molecular complexity index is 705. The van der Waals surface area contributed by atoms with Gasteiger partial charge in [0.15, 0.2) is 0 Å². The summed E-state index contributed by atoms with van der Waals surface area (Å²) in [6.07, 6.45) is 3.32. The number of hydrogen-bond acceptors (Lipinski definition) is 3. The van der Waals surface area contributed by atoms with Crippen molar-refractivity contribution in [3.8, 4) is 11.3 Å². The van der Waals surface area contributed by atoms with Crippen LogP contribution in [0.15, 0.2) is 36.8 Å². The lowest BCUT2D eigenvalue weighted by molar-refractivity contribution is -0.140. The summed E-state index contributed by atoms with van der Waals surface area (Å²) in [5.41, 5.74) is 2.02. The number of rotatable bonds is 4. The Labute approximate surface area is 127 Å². The van der Waals surface area contributed by atoms with Gasteiger partial charge < -0.3 is 15.4 Å². The van der Waals surface area contributed by atoms with E-state index in [2.05, 4.69) is 15.3 Å². The predicted octanol–water partition coefficient (Wildman–Crippen LogP) is 2.37. The van der Waals surface area contributed by atoms with Gasteiger partial charge in [0.2, 0.25) is 5.91 Å². The van der Waals surface area contributed by atoms with E-state index in [-0.39, 0.29) is 5.91 Å². The number of aromatic nitrogens is 2. The fraction of sp³-hybridized carbons (Fsp3) is 0.312. The van der Waals surface area contributed by atoms with Crippen molar-refractivity contribution >= 4 is 17.6 Å². The van der Waals surface area contributed by atoms with Crippen LogP contribution in [0.5, 0.6) is 0 Å². The Morgan fingerprint density at radius 2 is 1.91 bits per heavy atom. The number of carboxylic acids is 1. The highest BCUT2D eigenvalue weighted by Crippen LogP contribution is 2.58. The Morgan fingerprint density at radius 1 is 1.23 bits per heavy atom. The molecule has 2 unspecified atom stereocenters. The number of amides is 1. The Balaban J connectivity index is 1.69. The van der Waals surface area contributed by atoms with Gasteiger partial charge in [0.1, 0.15) is 0 Å². The van der Waals surface area contributed by atoms with Gasteiger partial charge in [0.05, 0.1) is 30.1 Å². The summed E-state index contributed by atoms with van der Waals surface area (Å²) in [7, 11) is 0. The van der Waals surface area contributed by atoms with Gasteiger partial charge in [-0.1, -0.05) is 26.0 Å². The molecule has 6 nitrogen and oxygen atoms in total. The second kappa shape index (κ2) is 4.98. The molecule has 2 aromatic rings. The molecule has 3 N–H and O–H groups in total. The molecule has 0 aliphatic heterocycles. The van der Waals surface area contributed by atoms with Crippen LogP contribution in [0.3, 0.4) is 0 Å². The maximum absolute atomic E-state index is 12.2. The van der Waals surface area contributed by atoms with Gasteiger partial charge in [0, 0.05) is 5.69 Å². The maximum atomic E-state index is 12.2. The summed E-state index contributed by atoms with van der Waals surface area (Å²) in [4.78, 5) is 30.3. The maximum Gasteiger partial charge on any atom is 0.307 e. The standard InChI is InChI=1S/C16H17N3O3/c1-16(2)12(13(16)15(21)22)14(20)19-10-5-3-9(4-6-10)11-7-17-8-18-11/h3-8,12-13H,1-2H3,(H,17,18)(H,19,20)(H,21,22). The highest BCUT2D eigenvalue weighted by Gasteiger charge is 2.65. The van der Waals surface area contributed by atoms with Crippen molar-refractivity contribution in [1.29, 1.82) is 0 Å². The molecule has 1 aromatic heterocycles. The first kappa shape index (κ1) is 14.3. The summed E-state index contributed by atoms with van der Waals surface area (Å²) in [6.45, 7) is 3.61. The monoisotopic (exact) mass is 299 g/mol. The zero-order valence-corrected chi connectivity index (χ0v) is 12.3. The quantitative estimate of drug-likeness (QED) is 0.807. The summed E-state index contributed by atoms with van der Waals surface area (Å²) in [5, 5.41) is 11.9. The van der Waals surface area contributed by atoms with Crippen LogP contribution in [0.2, 0.25) is 0 Å². The first-order valence-corrected chi connectivity index (χ1v) is 7.04. The third kappa shape index (κ3) is 2.36. The molecule has 0 bridgehead atoms. The molecule has 22 heavy (non-hydrogen) atoms. The molecular weight excluding hydrogens is 282 g/mol. The fourth-order valence-corrected chi connectivity index (χ4v) is 2.95. The lowest BCUT2D eigenvalue weighted by Crippen LogP contribution is -2.17. The number of carbonyl (C=O) groups is 2. The van der Waals surface area contributed by atoms with Crippen LogP contribution >= 0.6 is 0 Å². The molecule has 1 aliphatic rings. The third-order valence-corrected chi connectivity index (χ3v) is 4.34. The zero-order chi connectivity index (χ0) is 15.9. The Morgan fingerprint density at radius 3 is 2.41 bits per heavy atom. The van der Waals surface area contributed by atoms with Crippen molar-refractivity contribution in [2.75, 3.05) is 5.32 Å². The normalized spacial score (nSPS) is 22.1. The number of nitrogens with one attached hydrogen (secondary N) is 2. The van der Waals surface area contributed by atoms with Crippen molar-refractivity contribution in [2.45, 2.75) is 13.8 Å². The van der Waals surface area contributed by atoms with E-state index >= 15 is 0 Å². The van der Waals surface area contributed by atoms with E-state index in [4.69, 9.17) is 5.11 Å². The predicted molar refractivity (Wildman–Crippen MR) is 81.1 cm³/mol. The first-order chi connectivity index (χ1) is 10.4. The largest absolute Gasteiger partial charge is 0.481 e. The van der Waals surface area contributed by atoms with Crippen LogP contribution in [0.25, 0.3) is 11.3 Å². The SMILES string of the molecule is CC1(C)C(C(=O)O)C1C(=O)Nc1ccc(-c2cnc[nH]2)cc1. The highest BCUT2D eigenvalue weighted by atomic mass is 16.4. The molecule has 6 heteroatoms. The van der Waals surface area contributed by atoms with Crippen LogP contribution in [-0.2, 0) is 9.59 Å². The van der Waals surface area contributed by atoms with E-state index in [1.165, 1.54) is 0 Å². The van der Waals surface area contributed by atoms with Crippen LogP contribution < -0.4 is 5.32 Å². The van der Waals surface area contributed by atoms with Gasteiger partial charge in [-0.3, -0.25) is 9.59 Å². The van der Waals surface area contributed by atoms with Gasteiger partial charge in [-0.25, -0.2) is 4.98 Å². The van der Waals surface area contributed by atoms with Gasteiger partial charge in [-0.2, -0.15) is 0 Å². The number of aromatic amines is 1. The number of carbonyl (C=O) groups excluding carboxylic acids is 1. The van der Waals surface area contributed by atoms with E-state index in [1.54, 1.807) is 38.5 Å². The second-order valence-corrected chi connectivity index (χ2v) is 6.15.